The van der Waals surface area contributed by atoms with E-state index in [1.165, 1.54) is 11.0 Å². The van der Waals surface area contributed by atoms with E-state index in [9.17, 15) is 9.59 Å². The Hall–Kier alpha value is -1.60. The molecule has 0 aliphatic rings. The molecule has 0 radical (unpaired) electrons. The highest BCUT2D eigenvalue weighted by Crippen LogP contribution is 2.26. The number of aliphatic hydroxyl groups excluding tert-OH is 1. The fraction of sp³-hybridized carbons (Fsp3) is 0.333. The Kier molecular flexibility index (Phi) is 5.78. The first-order valence-electron chi connectivity index (χ1n) is 5.69. The number of urea groups is 1. The molecule has 0 spiro atoms. The van der Waals surface area contributed by atoms with E-state index in [1.54, 1.807) is 19.1 Å². The van der Waals surface area contributed by atoms with Gasteiger partial charge in [0.2, 0.25) is 0 Å². The number of aromatic carboxylic acids is 1. The average molecular weight is 331 g/mol. The fourth-order valence-electron chi connectivity index (χ4n) is 1.54. The standard InChI is InChI=1S/C12H15BrN2O4/c1-2-15(6-7-16)12(19)14-10-8(11(17)18)4-3-5-9(10)13/h3-5,16H,2,6-7H2,1H3,(H,14,19)(H,17,18). The number of para-hydroxylation sites is 1. The van der Waals surface area contributed by atoms with Gasteiger partial charge in [-0.3, -0.25) is 0 Å². The normalized spacial score (nSPS) is 10.1. The first-order chi connectivity index (χ1) is 9.01. The van der Waals surface area contributed by atoms with Crippen LogP contribution in [0.25, 0.3) is 0 Å². The summed E-state index contributed by atoms with van der Waals surface area (Å²) in [4.78, 5) is 24.4. The highest BCUT2D eigenvalue weighted by molar-refractivity contribution is 9.10. The Morgan fingerprint density at radius 2 is 2.11 bits per heavy atom. The Labute approximate surface area is 119 Å². The Morgan fingerprint density at radius 3 is 2.63 bits per heavy atom. The van der Waals surface area contributed by atoms with Gasteiger partial charge in [-0.25, -0.2) is 9.59 Å². The molecule has 0 unspecified atom stereocenters. The molecular weight excluding hydrogens is 316 g/mol. The molecule has 19 heavy (non-hydrogen) atoms. The lowest BCUT2D eigenvalue weighted by Gasteiger charge is -2.21. The number of hydrogen-bond donors (Lipinski definition) is 3. The quantitative estimate of drug-likeness (QED) is 0.770. The van der Waals surface area contributed by atoms with E-state index >= 15 is 0 Å². The maximum atomic E-state index is 12.0. The molecular formula is C12H15BrN2O4. The van der Waals surface area contributed by atoms with Gasteiger partial charge < -0.3 is 20.4 Å². The van der Waals surface area contributed by atoms with Crippen LogP contribution in [0.4, 0.5) is 10.5 Å². The summed E-state index contributed by atoms with van der Waals surface area (Å²) < 4.78 is 0.487. The zero-order valence-electron chi connectivity index (χ0n) is 10.4. The van der Waals surface area contributed by atoms with Crippen molar-refractivity contribution in [2.75, 3.05) is 25.0 Å². The van der Waals surface area contributed by atoms with E-state index < -0.39 is 12.0 Å². The van der Waals surface area contributed by atoms with Gasteiger partial charge in [-0.2, -0.15) is 0 Å². The molecule has 0 aliphatic carbocycles. The number of carbonyl (C=O) groups is 2. The van der Waals surface area contributed by atoms with Gasteiger partial charge >= 0.3 is 12.0 Å². The molecule has 0 aliphatic heterocycles. The van der Waals surface area contributed by atoms with Gasteiger partial charge in [0, 0.05) is 17.6 Å². The van der Waals surface area contributed by atoms with Gasteiger partial charge in [-0.15, -0.1) is 0 Å². The number of likely N-dealkylation sites (N-methyl/N-ethyl adjacent to an activating group) is 1. The van der Waals surface area contributed by atoms with Crippen LogP contribution in [0.5, 0.6) is 0 Å². The largest absolute Gasteiger partial charge is 0.478 e. The summed E-state index contributed by atoms with van der Waals surface area (Å²) in [7, 11) is 0. The third-order valence-electron chi connectivity index (χ3n) is 2.51. The number of benzene rings is 1. The van der Waals surface area contributed by atoms with Crippen molar-refractivity contribution in [1.82, 2.24) is 4.90 Å². The molecule has 6 nitrogen and oxygen atoms in total. The van der Waals surface area contributed by atoms with Crippen LogP contribution in [0.1, 0.15) is 17.3 Å². The number of carboxylic acids is 1. The first-order valence-corrected chi connectivity index (χ1v) is 6.49. The third-order valence-corrected chi connectivity index (χ3v) is 3.18. The van der Waals surface area contributed by atoms with E-state index in [-0.39, 0.29) is 24.4 Å². The number of halogens is 1. The molecule has 104 valence electrons. The van der Waals surface area contributed by atoms with Crippen molar-refractivity contribution in [3.63, 3.8) is 0 Å². The molecule has 2 amide bonds. The summed E-state index contributed by atoms with van der Waals surface area (Å²) in [6.07, 6.45) is 0. The minimum atomic E-state index is -1.12. The van der Waals surface area contributed by atoms with Crippen LogP contribution in [0.15, 0.2) is 22.7 Å². The predicted molar refractivity (Wildman–Crippen MR) is 74.5 cm³/mol. The molecule has 1 aromatic rings. The molecule has 0 aromatic heterocycles. The molecule has 0 bridgehead atoms. The maximum absolute atomic E-state index is 12.0. The van der Waals surface area contributed by atoms with Crippen molar-refractivity contribution in [1.29, 1.82) is 0 Å². The van der Waals surface area contributed by atoms with Crippen LogP contribution in [0.3, 0.4) is 0 Å². The number of rotatable bonds is 5. The lowest BCUT2D eigenvalue weighted by atomic mass is 10.2. The number of nitrogens with zero attached hydrogens (tertiary/aromatic N) is 1. The zero-order valence-corrected chi connectivity index (χ0v) is 12.0. The topological polar surface area (TPSA) is 89.9 Å². The van der Waals surface area contributed by atoms with Crippen molar-refractivity contribution in [3.8, 4) is 0 Å². The highest BCUT2D eigenvalue weighted by Gasteiger charge is 2.18. The summed E-state index contributed by atoms with van der Waals surface area (Å²) in [6, 6.07) is 4.18. The number of hydrogen-bond acceptors (Lipinski definition) is 3. The molecule has 1 rings (SSSR count). The second-order valence-electron chi connectivity index (χ2n) is 3.70. The molecule has 3 N–H and O–H groups in total. The smallest absolute Gasteiger partial charge is 0.337 e. The van der Waals surface area contributed by atoms with Crippen molar-refractivity contribution in [2.45, 2.75) is 6.92 Å². The molecule has 0 atom stereocenters. The summed E-state index contributed by atoms with van der Waals surface area (Å²) in [6.45, 7) is 2.23. The molecule has 0 saturated carbocycles. The van der Waals surface area contributed by atoms with Crippen molar-refractivity contribution in [2.24, 2.45) is 0 Å². The van der Waals surface area contributed by atoms with Crippen LogP contribution in [0.2, 0.25) is 0 Å². The van der Waals surface area contributed by atoms with Gasteiger partial charge in [-0.05, 0) is 35.0 Å². The van der Waals surface area contributed by atoms with Gasteiger partial charge in [0.1, 0.15) is 0 Å². The minimum absolute atomic E-state index is 0.00257. The predicted octanol–water partition coefficient (Wildman–Crippen LogP) is 1.99. The Morgan fingerprint density at radius 1 is 1.42 bits per heavy atom. The Balaban J connectivity index is 2.98. The lowest BCUT2D eigenvalue weighted by Crippen LogP contribution is -2.37. The fourth-order valence-corrected chi connectivity index (χ4v) is 2.00. The monoisotopic (exact) mass is 330 g/mol. The van der Waals surface area contributed by atoms with E-state index in [0.717, 1.165) is 0 Å². The van der Waals surface area contributed by atoms with Gasteiger partial charge in [0.25, 0.3) is 0 Å². The summed E-state index contributed by atoms with van der Waals surface area (Å²) in [5.74, 6) is -1.12. The van der Waals surface area contributed by atoms with Gasteiger partial charge in [-0.1, -0.05) is 6.07 Å². The zero-order chi connectivity index (χ0) is 14.4. The second kappa shape index (κ2) is 7.10. The van der Waals surface area contributed by atoms with Crippen molar-refractivity contribution >= 4 is 33.6 Å². The van der Waals surface area contributed by atoms with Crippen molar-refractivity contribution < 1.29 is 19.8 Å². The molecule has 0 fully saturated rings. The summed E-state index contributed by atoms with van der Waals surface area (Å²) in [5, 5.41) is 20.5. The number of carboxylic acid groups (broad SMARTS) is 1. The number of anilines is 1. The summed E-state index contributed by atoms with van der Waals surface area (Å²) >= 11 is 3.21. The maximum Gasteiger partial charge on any atom is 0.337 e. The number of aliphatic hydroxyl groups is 1. The van der Waals surface area contributed by atoms with Crippen LogP contribution in [0, 0.1) is 0 Å². The second-order valence-corrected chi connectivity index (χ2v) is 4.56. The van der Waals surface area contributed by atoms with E-state index in [1.807, 2.05) is 0 Å². The molecule has 7 heteroatoms. The number of nitrogens with one attached hydrogen (secondary N) is 1. The Bertz CT molecular complexity index is 479. The molecule has 0 saturated heterocycles. The minimum Gasteiger partial charge on any atom is -0.478 e. The molecule has 1 aromatic carbocycles. The van der Waals surface area contributed by atoms with Gasteiger partial charge in [0.15, 0.2) is 0 Å². The third kappa shape index (κ3) is 3.93. The number of carbonyl (C=O) groups excluding carboxylic acids is 1. The van der Waals surface area contributed by atoms with E-state index in [2.05, 4.69) is 21.2 Å². The van der Waals surface area contributed by atoms with E-state index in [4.69, 9.17) is 10.2 Å². The average Bonchev–Trinajstić information content (AvgIpc) is 2.37. The first kappa shape index (κ1) is 15.5. The number of amides is 2. The van der Waals surface area contributed by atoms with Crippen LogP contribution < -0.4 is 5.32 Å². The van der Waals surface area contributed by atoms with Crippen LogP contribution >= 0.6 is 15.9 Å². The highest BCUT2D eigenvalue weighted by atomic mass is 79.9. The SMILES string of the molecule is CCN(CCO)C(=O)Nc1c(Br)cccc1C(=O)O. The van der Waals surface area contributed by atoms with Crippen molar-refractivity contribution in [3.05, 3.63) is 28.2 Å². The van der Waals surface area contributed by atoms with E-state index in [0.29, 0.717) is 11.0 Å². The van der Waals surface area contributed by atoms with Crippen LogP contribution in [-0.2, 0) is 0 Å². The van der Waals surface area contributed by atoms with Crippen LogP contribution in [-0.4, -0.2) is 46.8 Å². The molecule has 0 heterocycles. The van der Waals surface area contributed by atoms with Gasteiger partial charge in [0.05, 0.1) is 17.9 Å². The lowest BCUT2D eigenvalue weighted by molar-refractivity contribution is 0.0698. The summed E-state index contributed by atoms with van der Waals surface area (Å²) in [5.41, 5.74) is 0.208.